The Labute approximate surface area is 64.0 Å². The van der Waals surface area contributed by atoms with E-state index in [9.17, 15) is 4.79 Å². The summed E-state index contributed by atoms with van der Waals surface area (Å²) in [6.07, 6.45) is 6.69. The van der Waals surface area contributed by atoms with Gasteiger partial charge in [0.1, 0.15) is 0 Å². The normalized spacial score (nSPS) is 10.2. The monoisotopic (exact) mass is 148 g/mol. The molecular weight excluding hydrogens is 142 g/mol. The molecule has 0 saturated carbocycles. The number of pyridine rings is 1. The maximum absolute atomic E-state index is 10.1. The molecule has 3 nitrogen and oxygen atoms in total. The van der Waals surface area contributed by atoms with Crippen molar-refractivity contribution in [2.75, 3.05) is 0 Å². The van der Waals surface area contributed by atoms with Crippen LogP contribution in [0.5, 0.6) is 0 Å². The number of hydrogen-bond acceptors (Lipinski definition) is 2. The predicted molar refractivity (Wildman–Crippen MR) is 39.7 cm³/mol. The van der Waals surface area contributed by atoms with Gasteiger partial charge in [-0.3, -0.25) is 4.98 Å². The Morgan fingerprint density at radius 3 is 3.09 bits per heavy atom. The van der Waals surface area contributed by atoms with E-state index in [1.54, 1.807) is 18.3 Å². The Morgan fingerprint density at radius 2 is 2.55 bits per heavy atom. The molecule has 0 aliphatic heterocycles. The molecule has 0 atom stereocenters. The van der Waals surface area contributed by atoms with Gasteiger partial charge in [0.25, 0.3) is 0 Å². The maximum atomic E-state index is 10.1. The highest BCUT2D eigenvalue weighted by Gasteiger charge is 1.87. The van der Waals surface area contributed by atoms with Crippen LogP contribution < -0.4 is 0 Å². The average Bonchev–Trinajstić information content (AvgIpc) is 2.03. The molecule has 0 aromatic carbocycles. The summed E-state index contributed by atoms with van der Waals surface area (Å²) in [5, 5.41) is 8.25. The summed E-state index contributed by atoms with van der Waals surface area (Å²) in [7, 11) is 0. The lowest BCUT2D eigenvalue weighted by atomic mass is 10.3. The molecule has 0 aliphatic rings. The second kappa shape index (κ2) is 3.51. The fourth-order valence-electron chi connectivity index (χ4n) is 0.593. The minimum atomic E-state index is -0.970. The Kier molecular flexibility index (Phi) is 2.38. The summed E-state index contributed by atoms with van der Waals surface area (Å²) in [6.45, 7) is 0. The van der Waals surface area contributed by atoms with E-state index in [0.717, 1.165) is 6.08 Å². The molecular formula is C8H6NO2. The molecule has 0 amide bonds. The number of rotatable bonds is 2. The van der Waals surface area contributed by atoms with Crippen molar-refractivity contribution in [1.29, 1.82) is 0 Å². The van der Waals surface area contributed by atoms with Gasteiger partial charge in [0.2, 0.25) is 0 Å². The molecule has 1 rings (SSSR count). The number of aromatic nitrogens is 1. The van der Waals surface area contributed by atoms with Gasteiger partial charge in [-0.2, -0.15) is 0 Å². The third kappa shape index (κ3) is 2.62. The van der Waals surface area contributed by atoms with Crippen LogP contribution in [0, 0.1) is 6.20 Å². The number of hydrogen-bond donors (Lipinski definition) is 1. The lowest BCUT2D eigenvalue weighted by Crippen LogP contribution is -1.85. The fraction of sp³-hybridized carbons (Fsp3) is 0. The summed E-state index contributed by atoms with van der Waals surface area (Å²) in [5.74, 6) is -0.970. The van der Waals surface area contributed by atoms with Gasteiger partial charge in [-0.15, -0.1) is 0 Å². The van der Waals surface area contributed by atoms with Crippen LogP contribution >= 0.6 is 0 Å². The maximum Gasteiger partial charge on any atom is 0.328 e. The van der Waals surface area contributed by atoms with E-state index in [-0.39, 0.29) is 0 Å². The number of carboxylic acids is 1. The Morgan fingerprint density at radius 1 is 1.73 bits per heavy atom. The zero-order valence-corrected chi connectivity index (χ0v) is 5.69. The SMILES string of the molecule is O=C(O)C=Cc1[c]nccc1. The lowest BCUT2D eigenvalue weighted by molar-refractivity contribution is -0.131. The van der Waals surface area contributed by atoms with Crippen LogP contribution in [0.25, 0.3) is 6.08 Å². The van der Waals surface area contributed by atoms with Crippen molar-refractivity contribution in [2.24, 2.45) is 0 Å². The first-order chi connectivity index (χ1) is 5.29. The molecule has 1 N–H and O–H groups in total. The molecule has 0 fully saturated rings. The van der Waals surface area contributed by atoms with Crippen LogP contribution in [0.4, 0.5) is 0 Å². The number of carbonyl (C=O) groups is 1. The highest BCUT2D eigenvalue weighted by Crippen LogP contribution is 1.96. The molecule has 0 bridgehead atoms. The molecule has 55 valence electrons. The summed E-state index contributed by atoms with van der Waals surface area (Å²) < 4.78 is 0. The summed E-state index contributed by atoms with van der Waals surface area (Å²) in [4.78, 5) is 13.7. The van der Waals surface area contributed by atoms with Crippen LogP contribution in [-0.2, 0) is 4.79 Å². The number of nitrogens with zero attached hydrogens (tertiary/aromatic N) is 1. The topological polar surface area (TPSA) is 50.2 Å². The van der Waals surface area contributed by atoms with E-state index in [1.807, 2.05) is 0 Å². The predicted octanol–water partition coefficient (Wildman–Crippen LogP) is 0.980. The van der Waals surface area contributed by atoms with Crippen LogP contribution in [0.1, 0.15) is 5.56 Å². The Hall–Kier alpha value is -1.64. The molecule has 0 spiro atoms. The summed E-state index contributed by atoms with van der Waals surface area (Å²) >= 11 is 0. The third-order valence-electron chi connectivity index (χ3n) is 1.04. The Bertz CT molecular complexity index is 267. The van der Waals surface area contributed by atoms with Crippen LogP contribution in [0.2, 0.25) is 0 Å². The van der Waals surface area contributed by atoms with Crippen molar-refractivity contribution in [2.45, 2.75) is 0 Å². The minimum Gasteiger partial charge on any atom is -0.478 e. The first-order valence-corrected chi connectivity index (χ1v) is 3.03. The zero-order chi connectivity index (χ0) is 8.10. The van der Waals surface area contributed by atoms with Gasteiger partial charge in [-0.1, -0.05) is 6.07 Å². The van der Waals surface area contributed by atoms with Gasteiger partial charge < -0.3 is 5.11 Å². The third-order valence-corrected chi connectivity index (χ3v) is 1.04. The molecule has 3 heteroatoms. The second-order valence-electron chi connectivity index (χ2n) is 1.88. The first kappa shape index (κ1) is 7.47. The highest BCUT2D eigenvalue weighted by atomic mass is 16.4. The zero-order valence-electron chi connectivity index (χ0n) is 5.69. The van der Waals surface area contributed by atoms with Crippen molar-refractivity contribution >= 4 is 12.0 Å². The van der Waals surface area contributed by atoms with Crippen LogP contribution in [0.15, 0.2) is 24.4 Å². The fourth-order valence-corrected chi connectivity index (χ4v) is 0.593. The molecule has 1 aromatic rings. The molecule has 1 heterocycles. The quantitative estimate of drug-likeness (QED) is 0.636. The molecule has 0 unspecified atom stereocenters. The van der Waals surface area contributed by atoms with Gasteiger partial charge in [-0.05, 0) is 12.1 Å². The molecule has 0 aliphatic carbocycles. The van der Waals surface area contributed by atoms with E-state index in [4.69, 9.17) is 5.11 Å². The molecule has 1 radical (unpaired) electrons. The Balaban J connectivity index is 2.72. The largest absolute Gasteiger partial charge is 0.478 e. The van der Waals surface area contributed by atoms with Gasteiger partial charge in [0.15, 0.2) is 0 Å². The molecule has 11 heavy (non-hydrogen) atoms. The van der Waals surface area contributed by atoms with E-state index < -0.39 is 5.97 Å². The standard InChI is InChI=1S/C8H6NO2/c10-8(11)4-3-7-2-1-5-9-6-7/h1-5H,(H,10,11). The lowest BCUT2D eigenvalue weighted by Gasteiger charge is -1.86. The van der Waals surface area contributed by atoms with Crippen LogP contribution in [0.3, 0.4) is 0 Å². The second-order valence-corrected chi connectivity index (χ2v) is 1.88. The van der Waals surface area contributed by atoms with Gasteiger partial charge in [0.05, 0.1) is 6.20 Å². The van der Waals surface area contributed by atoms with E-state index >= 15 is 0 Å². The first-order valence-electron chi connectivity index (χ1n) is 3.03. The van der Waals surface area contributed by atoms with E-state index in [1.165, 1.54) is 6.08 Å². The molecule has 1 aromatic heterocycles. The highest BCUT2D eigenvalue weighted by molar-refractivity contribution is 5.85. The summed E-state index contributed by atoms with van der Waals surface area (Å²) in [6, 6.07) is 3.45. The van der Waals surface area contributed by atoms with Crippen molar-refractivity contribution in [3.05, 3.63) is 36.2 Å². The van der Waals surface area contributed by atoms with Gasteiger partial charge >= 0.3 is 5.97 Å². The van der Waals surface area contributed by atoms with Crippen molar-refractivity contribution in [1.82, 2.24) is 4.98 Å². The number of aliphatic carboxylic acids is 1. The summed E-state index contributed by atoms with van der Waals surface area (Å²) in [5.41, 5.74) is 0.662. The molecule has 0 saturated heterocycles. The van der Waals surface area contributed by atoms with Crippen molar-refractivity contribution < 1.29 is 9.90 Å². The van der Waals surface area contributed by atoms with Crippen LogP contribution in [-0.4, -0.2) is 16.1 Å². The van der Waals surface area contributed by atoms with E-state index in [2.05, 4.69) is 11.2 Å². The smallest absolute Gasteiger partial charge is 0.328 e. The minimum absolute atomic E-state index is 0.662. The average molecular weight is 148 g/mol. The van der Waals surface area contributed by atoms with Crippen molar-refractivity contribution in [3.63, 3.8) is 0 Å². The van der Waals surface area contributed by atoms with Gasteiger partial charge in [-0.25, -0.2) is 4.79 Å². The van der Waals surface area contributed by atoms with Gasteiger partial charge in [0, 0.05) is 17.8 Å². The van der Waals surface area contributed by atoms with E-state index in [0.29, 0.717) is 5.56 Å². The van der Waals surface area contributed by atoms with Crippen molar-refractivity contribution in [3.8, 4) is 0 Å². The number of carboxylic acid groups (broad SMARTS) is 1.